The van der Waals surface area contributed by atoms with E-state index in [1.165, 1.54) is 18.2 Å². The van der Waals surface area contributed by atoms with E-state index in [0.29, 0.717) is 0 Å². The first-order valence-corrected chi connectivity index (χ1v) is 7.28. The molecule has 0 aromatic heterocycles. The summed E-state index contributed by atoms with van der Waals surface area (Å²) in [6.45, 7) is 0. The lowest BCUT2D eigenvalue weighted by molar-refractivity contribution is -0.141. The summed E-state index contributed by atoms with van der Waals surface area (Å²) in [6.07, 6.45) is 0.189. The number of carboxylic acid groups (broad SMARTS) is 1. The van der Waals surface area contributed by atoms with Crippen LogP contribution in [0.25, 0.3) is 0 Å². The van der Waals surface area contributed by atoms with E-state index >= 15 is 0 Å². The topological polar surface area (TPSA) is 104 Å². The number of anilines is 1. The molecule has 2 rings (SSSR count). The first-order valence-electron chi connectivity index (χ1n) is 6.04. The van der Waals surface area contributed by atoms with Gasteiger partial charge in [0.2, 0.25) is 11.8 Å². The van der Waals surface area contributed by atoms with Crippen LogP contribution < -0.4 is 5.32 Å². The van der Waals surface area contributed by atoms with Gasteiger partial charge in [0.25, 0.3) is 5.91 Å². The molecule has 3 amide bonds. The van der Waals surface area contributed by atoms with Gasteiger partial charge in [-0.15, -0.1) is 0 Å². The first kappa shape index (κ1) is 15.4. The van der Waals surface area contributed by atoms with Gasteiger partial charge >= 0.3 is 5.97 Å². The van der Waals surface area contributed by atoms with E-state index < -0.39 is 27.7 Å². The van der Waals surface area contributed by atoms with Gasteiger partial charge in [0.05, 0.1) is 11.3 Å². The lowest BCUT2D eigenvalue weighted by atomic mass is 10.2. The van der Waals surface area contributed by atoms with Crippen LogP contribution >= 0.6 is 22.6 Å². The minimum absolute atomic E-state index is 0.0616. The van der Waals surface area contributed by atoms with Gasteiger partial charge in [-0.3, -0.25) is 19.3 Å². The van der Waals surface area contributed by atoms with Gasteiger partial charge in [0.15, 0.2) is 4.05 Å². The highest BCUT2D eigenvalue weighted by molar-refractivity contribution is 14.1. The number of benzene rings is 1. The fraction of sp³-hybridized carbons (Fsp3) is 0.231. The number of aromatic carboxylic acids is 1. The molecular formula is C13H11IN2O5. The summed E-state index contributed by atoms with van der Waals surface area (Å²) in [5.74, 6) is -2.60. The summed E-state index contributed by atoms with van der Waals surface area (Å²) < 4.78 is -1.01. The number of nitrogens with one attached hydrogen (secondary N) is 1. The zero-order chi connectivity index (χ0) is 15.6. The molecule has 1 unspecified atom stereocenters. The Bertz CT molecular complexity index is 615. The monoisotopic (exact) mass is 402 g/mol. The van der Waals surface area contributed by atoms with Crippen LogP contribution in [0.1, 0.15) is 23.2 Å². The quantitative estimate of drug-likeness (QED) is 0.341. The van der Waals surface area contributed by atoms with Crippen molar-refractivity contribution in [1.82, 2.24) is 4.90 Å². The smallest absolute Gasteiger partial charge is 0.337 e. The van der Waals surface area contributed by atoms with Crippen LogP contribution in [0, 0.1) is 0 Å². The third kappa shape index (κ3) is 3.20. The van der Waals surface area contributed by atoms with Gasteiger partial charge in [-0.05, 0) is 34.7 Å². The Hall–Kier alpha value is -1.97. The minimum Gasteiger partial charge on any atom is -0.478 e. The van der Waals surface area contributed by atoms with Crippen molar-refractivity contribution in [3.63, 3.8) is 0 Å². The predicted molar refractivity (Wildman–Crippen MR) is 80.9 cm³/mol. The fourth-order valence-corrected chi connectivity index (χ4v) is 2.71. The Kier molecular flexibility index (Phi) is 4.56. The van der Waals surface area contributed by atoms with Crippen LogP contribution in [0.2, 0.25) is 0 Å². The van der Waals surface area contributed by atoms with Crippen molar-refractivity contribution in [3.8, 4) is 0 Å². The van der Waals surface area contributed by atoms with E-state index in [2.05, 4.69) is 5.32 Å². The number of amides is 3. The highest BCUT2D eigenvalue weighted by Crippen LogP contribution is 2.22. The van der Waals surface area contributed by atoms with E-state index in [4.69, 9.17) is 5.11 Å². The lowest BCUT2D eigenvalue weighted by Gasteiger charge is -2.20. The number of rotatable bonds is 4. The van der Waals surface area contributed by atoms with Crippen LogP contribution in [-0.4, -0.2) is 37.7 Å². The maximum Gasteiger partial charge on any atom is 0.337 e. The summed E-state index contributed by atoms with van der Waals surface area (Å²) in [5.41, 5.74) is 0.0595. The Balaban J connectivity index is 2.17. The van der Waals surface area contributed by atoms with E-state index in [1.807, 2.05) is 0 Å². The molecule has 1 heterocycles. The molecule has 1 aliphatic heterocycles. The number of hydrogen-bond acceptors (Lipinski definition) is 4. The van der Waals surface area contributed by atoms with Gasteiger partial charge in [-0.25, -0.2) is 4.79 Å². The number of carbonyl (C=O) groups is 4. The number of para-hydroxylation sites is 1. The van der Waals surface area contributed by atoms with Crippen LogP contribution in [0.15, 0.2) is 24.3 Å². The Labute approximate surface area is 133 Å². The second-order valence-electron chi connectivity index (χ2n) is 4.33. The Morgan fingerprint density at radius 1 is 1.19 bits per heavy atom. The molecule has 0 spiro atoms. The molecule has 1 aromatic carbocycles. The summed E-state index contributed by atoms with van der Waals surface area (Å²) in [7, 11) is 0. The molecule has 2 N–H and O–H groups in total. The van der Waals surface area contributed by atoms with Gasteiger partial charge in [-0.2, -0.15) is 0 Å². The maximum absolute atomic E-state index is 12.1. The standard InChI is InChI=1S/C13H11IN2O5/c14-11(16-9(17)5-6-10(16)18)12(19)15-8-4-2-1-3-7(8)13(20)21/h1-4,11H,5-6H2,(H,15,19)(H,20,21). The number of hydrogen-bond donors (Lipinski definition) is 2. The molecule has 0 saturated carbocycles. The van der Waals surface area contributed by atoms with Crippen LogP contribution in [-0.2, 0) is 14.4 Å². The normalized spacial score (nSPS) is 16.0. The van der Waals surface area contributed by atoms with Crippen molar-refractivity contribution in [2.24, 2.45) is 0 Å². The number of carboxylic acids is 1. The summed E-state index contributed by atoms with van der Waals surface area (Å²) in [6, 6.07) is 5.91. The highest BCUT2D eigenvalue weighted by Gasteiger charge is 2.37. The zero-order valence-electron chi connectivity index (χ0n) is 10.7. The second kappa shape index (κ2) is 6.20. The molecule has 0 bridgehead atoms. The number of likely N-dealkylation sites (tertiary alicyclic amines) is 1. The second-order valence-corrected chi connectivity index (χ2v) is 5.51. The summed E-state index contributed by atoms with van der Waals surface area (Å²) in [5, 5.41) is 11.5. The third-order valence-corrected chi connectivity index (χ3v) is 4.07. The molecule has 1 fully saturated rings. The van der Waals surface area contributed by atoms with Crippen molar-refractivity contribution in [2.75, 3.05) is 5.32 Å². The number of alkyl halides is 1. The van der Waals surface area contributed by atoms with Gasteiger partial charge in [-0.1, -0.05) is 12.1 Å². The maximum atomic E-state index is 12.1. The molecule has 0 radical (unpaired) electrons. The molecule has 21 heavy (non-hydrogen) atoms. The van der Waals surface area contributed by atoms with Crippen LogP contribution in [0.4, 0.5) is 5.69 Å². The van der Waals surface area contributed by atoms with E-state index in [-0.39, 0.29) is 24.1 Å². The van der Waals surface area contributed by atoms with Crippen molar-refractivity contribution >= 4 is 52.0 Å². The molecule has 1 aromatic rings. The van der Waals surface area contributed by atoms with Gasteiger partial charge in [0, 0.05) is 12.8 Å². The van der Waals surface area contributed by atoms with E-state index in [0.717, 1.165) is 4.90 Å². The van der Waals surface area contributed by atoms with Crippen LogP contribution in [0.3, 0.4) is 0 Å². The molecule has 7 nitrogen and oxygen atoms in total. The molecule has 1 aliphatic rings. The third-order valence-electron chi connectivity index (χ3n) is 2.95. The molecular weight excluding hydrogens is 391 g/mol. The SMILES string of the molecule is O=C(O)c1ccccc1NC(=O)C(I)N1C(=O)CCC1=O. The number of imide groups is 1. The van der Waals surface area contributed by atoms with E-state index in [1.54, 1.807) is 28.7 Å². The average molecular weight is 402 g/mol. The molecule has 8 heteroatoms. The average Bonchev–Trinajstić information content (AvgIpc) is 2.77. The van der Waals surface area contributed by atoms with Crippen molar-refractivity contribution in [3.05, 3.63) is 29.8 Å². The Morgan fingerprint density at radius 2 is 1.76 bits per heavy atom. The van der Waals surface area contributed by atoms with Crippen molar-refractivity contribution < 1.29 is 24.3 Å². The first-order chi connectivity index (χ1) is 9.91. The molecule has 110 valence electrons. The lowest BCUT2D eigenvalue weighted by Crippen LogP contribution is -2.43. The summed E-state index contributed by atoms with van der Waals surface area (Å²) in [4.78, 5) is 47.2. The number of nitrogens with zero attached hydrogens (tertiary/aromatic N) is 1. The minimum atomic E-state index is -1.18. The predicted octanol–water partition coefficient (Wildman–Crippen LogP) is 1.23. The van der Waals surface area contributed by atoms with Gasteiger partial charge < -0.3 is 10.4 Å². The Morgan fingerprint density at radius 3 is 2.33 bits per heavy atom. The summed E-state index contributed by atoms with van der Waals surface area (Å²) >= 11 is 1.68. The largest absolute Gasteiger partial charge is 0.478 e. The molecule has 1 saturated heterocycles. The molecule has 1 atom stereocenters. The number of carbonyl (C=O) groups excluding carboxylic acids is 3. The van der Waals surface area contributed by atoms with Gasteiger partial charge in [0.1, 0.15) is 0 Å². The zero-order valence-corrected chi connectivity index (χ0v) is 12.9. The van der Waals surface area contributed by atoms with Crippen molar-refractivity contribution in [1.29, 1.82) is 0 Å². The molecule has 0 aliphatic carbocycles. The van der Waals surface area contributed by atoms with Crippen LogP contribution in [0.5, 0.6) is 0 Å². The highest BCUT2D eigenvalue weighted by atomic mass is 127. The van der Waals surface area contributed by atoms with E-state index in [9.17, 15) is 19.2 Å². The number of halogens is 1. The fourth-order valence-electron chi connectivity index (χ4n) is 1.93. The van der Waals surface area contributed by atoms with Crippen molar-refractivity contribution in [2.45, 2.75) is 16.9 Å².